The summed E-state index contributed by atoms with van der Waals surface area (Å²) in [6.45, 7) is 1.08. The fraction of sp³-hybridized carbons (Fsp3) is 0.714. The molecule has 0 atom stereocenters. The molecule has 0 aliphatic heterocycles. The number of aromatic amines is 1. The maximum Gasteiger partial charge on any atom is 0.401 e. The fourth-order valence-corrected chi connectivity index (χ4v) is 1.57. The monoisotopic (exact) mass is 240 g/mol. The quantitative estimate of drug-likeness (QED) is 0.602. The van der Waals surface area contributed by atoms with Crippen molar-refractivity contribution in [3.63, 3.8) is 0 Å². The summed E-state index contributed by atoms with van der Waals surface area (Å²) in [5, 5.41) is 9.34. The van der Waals surface area contributed by atoms with Crippen molar-refractivity contribution in [2.75, 3.05) is 18.8 Å². The number of hydrogen-bond acceptors (Lipinski definition) is 4. The molecule has 2 N–H and O–H groups in total. The zero-order valence-corrected chi connectivity index (χ0v) is 8.87. The van der Waals surface area contributed by atoms with Gasteiger partial charge in [-0.25, -0.2) is 4.98 Å². The molecule has 0 unspecified atom stereocenters. The molecule has 0 fully saturated rings. The van der Waals surface area contributed by atoms with E-state index in [1.54, 1.807) is 6.92 Å². The summed E-state index contributed by atoms with van der Waals surface area (Å²) in [6, 6.07) is 0. The predicted octanol–water partition coefficient (Wildman–Crippen LogP) is 1.36. The van der Waals surface area contributed by atoms with Gasteiger partial charge in [0.05, 0.1) is 6.54 Å². The summed E-state index contributed by atoms with van der Waals surface area (Å²) in [5.74, 6) is 1.20. The standard InChI is InChI=1S/C7H11F3N4S/c1-5-12-6(14-13-5)15-3-2-11-4-7(8,9)10/h11H,2-4H2,1H3,(H,12,13,14). The Morgan fingerprint density at radius 1 is 1.47 bits per heavy atom. The number of aryl methyl sites for hydroxylation is 1. The first kappa shape index (κ1) is 12.3. The van der Waals surface area contributed by atoms with E-state index in [2.05, 4.69) is 20.5 Å². The second kappa shape index (κ2) is 5.36. The van der Waals surface area contributed by atoms with E-state index < -0.39 is 12.7 Å². The average molecular weight is 240 g/mol. The number of rotatable bonds is 5. The van der Waals surface area contributed by atoms with Gasteiger partial charge in [0.1, 0.15) is 5.82 Å². The first-order chi connectivity index (χ1) is 6.97. The number of alkyl halides is 3. The summed E-state index contributed by atoms with van der Waals surface area (Å²) >= 11 is 1.31. The second-order valence-electron chi connectivity index (χ2n) is 2.84. The highest BCUT2D eigenvalue weighted by Crippen LogP contribution is 2.13. The van der Waals surface area contributed by atoms with Crippen LogP contribution >= 0.6 is 11.8 Å². The number of nitrogens with one attached hydrogen (secondary N) is 2. The van der Waals surface area contributed by atoms with Crippen molar-refractivity contribution in [3.8, 4) is 0 Å². The van der Waals surface area contributed by atoms with Crippen molar-refractivity contribution in [2.45, 2.75) is 18.3 Å². The summed E-state index contributed by atoms with van der Waals surface area (Å²) in [5.41, 5.74) is 0. The third-order valence-electron chi connectivity index (χ3n) is 1.41. The van der Waals surface area contributed by atoms with Gasteiger partial charge in [-0.05, 0) is 6.92 Å². The molecule has 1 aromatic rings. The van der Waals surface area contributed by atoms with Gasteiger partial charge >= 0.3 is 6.18 Å². The SMILES string of the molecule is Cc1nc(SCCNCC(F)(F)F)n[nH]1. The molecule has 0 saturated carbocycles. The number of hydrogen-bond donors (Lipinski definition) is 2. The number of thioether (sulfide) groups is 1. The predicted molar refractivity (Wildman–Crippen MR) is 50.8 cm³/mol. The van der Waals surface area contributed by atoms with Crippen molar-refractivity contribution >= 4 is 11.8 Å². The van der Waals surface area contributed by atoms with Crippen molar-refractivity contribution in [3.05, 3.63) is 5.82 Å². The van der Waals surface area contributed by atoms with Crippen molar-refractivity contribution in [2.24, 2.45) is 0 Å². The molecule has 1 aromatic heterocycles. The zero-order chi connectivity index (χ0) is 11.3. The summed E-state index contributed by atoms with van der Waals surface area (Å²) in [6.07, 6.45) is -4.15. The Bertz CT molecular complexity index is 299. The van der Waals surface area contributed by atoms with Crippen molar-refractivity contribution in [1.82, 2.24) is 20.5 Å². The summed E-state index contributed by atoms with van der Waals surface area (Å²) in [4.78, 5) is 4.00. The van der Waals surface area contributed by atoms with Crippen LogP contribution in [-0.2, 0) is 0 Å². The number of H-pyrrole nitrogens is 1. The smallest absolute Gasteiger partial charge is 0.308 e. The highest BCUT2D eigenvalue weighted by Gasteiger charge is 2.25. The van der Waals surface area contributed by atoms with Gasteiger partial charge in [0.2, 0.25) is 5.16 Å². The molecule has 1 rings (SSSR count). The van der Waals surface area contributed by atoms with Gasteiger partial charge < -0.3 is 5.32 Å². The topological polar surface area (TPSA) is 53.6 Å². The number of aromatic nitrogens is 3. The minimum Gasteiger partial charge on any atom is -0.308 e. The molecule has 0 bridgehead atoms. The van der Waals surface area contributed by atoms with Gasteiger partial charge in [-0.15, -0.1) is 5.10 Å². The fourth-order valence-electron chi connectivity index (χ4n) is 0.831. The molecule has 1 heterocycles. The van der Waals surface area contributed by atoms with E-state index in [0.717, 1.165) is 0 Å². The van der Waals surface area contributed by atoms with Gasteiger partial charge in [0.25, 0.3) is 0 Å². The van der Waals surface area contributed by atoms with Gasteiger partial charge in [0, 0.05) is 12.3 Å². The molecule has 0 aliphatic carbocycles. The Kier molecular flexibility index (Phi) is 4.40. The van der Waals surface area contributed by atoms with Crippen molar-refractivity contribution < 1.29 is 13.2 Å². The molecule has 86 valence electrons. The van der Waals surface area contributed by atoms with Gasteiger partial charge in [-0.2, -0.15) is 13.2 Å². The molecule has 0 amide bonds. The highest BCUT2D eigenvalue weighted by atomic mass is 32.2. The third-order valence-corrected chi connectivity index (χ3v) is 2.26. The van der Waals surface area contributed by atoms with Crippen LogP contribution in [0.1, 0.15) is 5.82 Å². The highest BCUT2D eigenvalue weighted by molar-refractivity contribution is 7.99. The maximum atomic E-state index is 11.7. The normalized spacial score (nSPS) is 12.0. The molecule has 0 radical (unpaired) electrons. The largest absolute Gasteiger partial charge is 0.401 e. The first-order valence-corrected chi connectivity index (χ1v) is 5.25. The van der Waals surface area contributed by atoms with Crippen LogP contribution in [0.2, 0.25) is 0 Å². The van der Waals surface area contributed by atoms with E-state index in [1.807, 2.05) is 0 Å². The molecule has 0 spiro atoms. The van der Waals surface area contributed by atoms with Crippen LogP contribution in [0.25, 0.3) is 0 Å². The summed E-state index contributed by atoms with van der Waals surface area (Å²) < 4.78 is 35.1. The number of halogens is 3. The third kappa shape index (κ3) is 5.63. The molecule has 4 nitrogen and oxygen atoms in total. The van der Waals surface area contributed by atoms with Crippen LogP contribution < -0.4 is 5.32 Å². The average Bonchev–Trinajstić information content (AvgIpc) is 2.49. The minimum absolute atomic E-state index is 0.276. The minimum atomic E-state index is -4.15. The first-order valence-electron chi connectivity index (χ1n) is 4.26. The zero-order valence-electron chi connectivity index (χ0n) is 8.06. The lowest BCUT2D eigenvalue weighted by Gasteiger charge is -2.06. The van der Waals surface area contributed by atoms with E-state index in [0.29, 0.717) is 16.7 Å². The lowest BCUT2D eigenvalue weighted by Crippen LogP contribution is -2.30. The van der Waals surface area contributed by atoms with Crippen LogP contribution in [-0.4, -0.2) is 40.2 Å². The Labute approximate surface area is 89.0 Å². The Balaban J connectivity index is 2.07. The lowest BCUT2D eigenvalue weighted by molar-refractivity contribution is -0.124. The Hall–Kier alpha value is -0.760. The van der Waals surface area contributed by atoms with Gasteiger partial charge in [-0.1, -0.05) is 11.8 Å². The van der Waals surface area contributed by atoms with Crippen LogP contribution in [0.15, 0.2) is 5.16 Å². The Morgan fingerprint density at radius 3 is 2.73 bits per heavy atom. The maximum absolute atomic E-state index is 11.7. The Morgan fingerprint density at radius 2 is 2.20 bits per heavy atom. The van der Waals surface area contributed by atoms with E-state index in [1.165, 1.54) is 11.8 Å². The van der Waals surface area contributed by atoms with Gasteiger partial charge in [-0.3, -0.25) is 5.10 Å². The van der Waals surface area contributed by atoms with E-state index in [-0.39, 0.29) is 6.54 Å². The number of nitrogens with zero attached hydrogens (tertiary/aromatic N) is 2. The van der Waals surface area contributed by atoms with Crippen LogP contribution in [0.5, 0.6) is 0 Å². The molecule has 0 aromatic carbocycles. The lowest BCUT2D eigenvalue weighted by atomic mass is 10.6. The van der Waals surface area contributed by atoms with Crippen LogP contribution in [0.4, 0.5) is 13.2 Å². The van der Waals surface area contributed by atoms with E-state index in [9.17, 15) is 13.2 Å². The molecule has 8 heteroatoms. The summed E-state index contributed by atoms with van der Waals surface area (Å²) in [7, 11) is 0. The van der Waals surface area contributed by atoms with Crippen molar-refractivity contribution in [1.29, 1.82) is 0 Å². The van der Waals surface area contributed by atoms with E-state index >= 15 is 0 Å². The second-order valence-corrected chi connectivity index (χ2v) is 3.91. The molecular weight excluding hydrogens is 229 g/mol. The van der Waals surface area contributed by atoms with Crippen LogP contribution in [0.3, 0.4) is 0 Å². The van der Waals surface area contributed by atoms with E-state index in [4.69, 9.17) is 0 Å². The molecule has 0 saturated heterocycles. The van der Waals surface area contributed by atoms with Crippen LogP contribution in [0, 0.1) is 6.92 Å². The van der Waals surface area contributed by atoms with Gasteiger partial charge in [0.15, 0.2) is 0 Å². The molecular formula is C7H11F3N4S. The molecule has 0 aliphatic rings. The molecule has 15 heavy (non-hydrogen) atoms.